The van der Waals surface area contributed by atoms with Gasteiger partial charge in [-0.1, -0.05) is 0 Å². The second-order valence-electron chi connectivity index (χ2n) is 11.3. The van der Waals surface area contributed by atoms with E-state index in [1.807, 2.05) is 21.7 Å². The molecule has 11 nitrogen and oxygen atoms in total. The molecule has 1 aromatic heterocycles. The average molecular weight is 575 g/mol. The molecule has 1 spiro atoms. The number of hydrogen-bond donors (Lipinski definition) is 1. The lowest BCUT2D eigenvalue weighted by atomic mass is 9.73. The Morgan fingerprint density at radius 2 is 1.80 bits per heavy atom. The van der Waals surface area contributed by atoms with E-state index in [9.17, 15) is 18.0 Å². The molecule has 0 bridgehead atoms. The van der Waals surface area contributed by atoms with Crippen molar-refractivity contribution in [2.75, 3.05) is 86.2 Å². The zero-order valence-electron chi connectivity index (χ0n) is 22.9. The van der Waals surface area contributed by atoms with Crippen LogP contribution in [0.5, 0.6) is 5.75 Å². The summed E-state index contributed by atoms with van der Waals surface area (Å²) in [7, 11) is 0.648. The first-order valence-corrected chi connectivity index (χ1v) is 15.7. The predicted molar refractivity (Wildman–Crippen MR) is 150 cm³/mol. The maximum absolute atomic E-state index is 15.7. The molecule has 4 aliphatic heterocycles. The van der Waals surface area contributed by atoms with Crippen molar-refractivity contribution >= 4 is 33.2 Å². The van der Waals surface area contributed by atoms with Gasteiger partial charge in [0.1, 0.15) is 24.0 Å². The van der Waals surface area contributed by atoms with E-state index in [0.29, 0.717) is 86.3 Å². The zero-order chi connectivity index (χ0) is 28.2. The van der Waals surface area contributed by atoms with E-state index in [4.69, 9.17) is 9.72 Å². The van der Waals surface area contributed by atoms with Crippen LogP contribution in [0.3, 0.4) is 0 Å². The summed E-state index contributed by atoms with van der Waals surface area (Å²) in [5.74, 6) is 1.21. The van der Waals surface area contributed by atoms with Gasteiger partial charge in [-0.15, -0.1) is 0 Å². The highest BCUT2D eigenvalue weighted by molar-refractivity contribution is 7.91. The van der Waals surface area contributed by atoms with Gasteiger partial charge in [0.25, 0.3) is 5.56 Å². The number of amides is 1. The summed E-state index contributed by atoms with van der Waals surface area (Å²) in [6.45, 7) is 3.51. The molecule has 1 N–H and O–H groups in total. The van der Waals surface area contributed by atoms with E-state index in [1.165, 1.54) is 11.0 Å². The second kappa shape index (κ2) is 10.0. The lowest BCUT2D eigenvalue weighted by Gasteiger charge is -2.39. The van der Waals surface area contributed by atoms with Crippen molar-refractivity contribution in [3.05, 3.63) is 39.4 Å². The Bertz CT molecular complexity index is 1490. The van der Waals surface area contributed by atoms with E-state index in [2.05, 4.69) is 4.98 Å². The molecular formula is C27H35FN6O5S. The van der Waals surface area contributed by atoms with Gasteiger partial charge in [-0.25, -0.2) is 12.8 Å². The minimum atomic E-state index is -2.95. The first-order chi connectivity index (χ1) is 19.1. The third-order valence-electron chi connectivity index (χ3n) is 8.89. The van der Waals surface area contributed by atoms with Crippen LogP contribution in [0.25, 0.3) is 0 Å². The first kappa shape index (κ1) is 27.0. The molecule has 1 aromatic carbocycles. The number of aromatic nitrogens is 2. The molecule has 0 radical (unpaired) electrons. The van der Waals surface area contributed by atoms with Crippen LogP contribution in [-0.2, 0) is 26.5 Å². The van der Waals surface area contributed by atoms with E-state index in [1.54, 1.807) is 13.1 Å². The summed E-state index contributed by atoms with van der Waals surface area (Å²) in [4.78, 5) is 41.5. The first-order valence-electron chi connectivity index (χ1n) is 13.8. The minimum Gasteiger partial charge on any atom is -0.492 e. The monoisotopic (exact) mass is 574 g/mol. The van der Waals surface area contributed by atoms with E-state index in [-0.39, 0.29) is 29.6 Å². The summed E-state index contributed by atoms with van der Waals surface area (Å²) in [5.41, 5.74) is 0.516. The largest absolute Gasteiger partial charge is 0.492 e. The van der Waals surface area contributed by atoms with Gasteiger partial charge in [0.05, 0.1) is 28.2 Å². The summed E-state index contributed by atoms with van der Waals surface area (Å²) >= 11 is 0. The van der Waals surface area contributed by atoms with E-state index in [0.717, 1.165) is 13.0 Å². The second-order valence-corrected chi connectivity index (χ2v) is 13.6. The minimum absolute atomic E-state index is 0.127. The topological polar surface area (TPSA) is 119 Å². The van der Waals surface area contributed by atoms with Crippen molar-refractivity contribution in [1.29, 1.82) is 0 Å². The van der Waals surface area contributed by atoms with Gasteiger partial charge in [0, 0.05) is 71.1 Å². The number of fused-ring (bicyclic) bond motifs is 3. The molecule has 1 amide bonds. The number of halogens is 1. The van der Waals surface area contributed by atoms with Crippen LogP contribution in [0.15, 0.2) is 16.9 Å². The number of anilines is 3. The molecule has 6 rings (SSSR count). The van der Waals surface area contributed by atoms with Gasteiger partial charge >= 0.3 is 0 Å². The Morgan fingerprint density at radius 1 is 1.07 bits per heavy atom. The molecule has 0 unspecified atom stereocenters. The predicted octanol–water partition coefficient (Wildman–Crippen LogP) is 0.915. The summed E-state index contributed by atoms with van der Waals surface area (Å²) in [5, 5.41) is 0. The van der Waals surface area contributed by atoms with Crippen LogP contribution in [0, 0.1) is 5.82 Å². The maximum atomic E-state index is 15.7. The summed E-state index contributed by atoms with van der Waals surface area (Å²) in [6.07, 6.45) is 2.41. The van der Waals surface area contributed by atoms with Crippen molar-refractivity contribution in [3.8, 4) is 5.75 Å². The standard InChI is InChI=1S/C27H35FN6O5S/c1-31-7-3-4-19-23(31)29-26(30-24(19)35)34-8-5-27(6-9-34)22-20(28)16-18(17-21(22)32(2)25(27)36)39-13-10-33-11-14-40(37,38)15-12-33/h16-17H,3-15H2,1-2H3,(H,29,30,35). The summed E-state index contributed by atoms with van der Waals surface area (Å²) < 4.78 is 44.8. The van der Waals surface area contributed by atoms with Gasteiger partial charge in [0.2, 0.25) is 11.9 Å². The molecule has 2 fully saturated rings. The lowest BCUT2D eigenvalue weighted by molar-refractivity contribution is -0.123. The van der Waals surface area contributed by atoms with Crippen molar-refractivity contribution < 1.29 is 22.3 Å². The molecule has 5 heterocycles. The number of piperidine rings is 1. The molecule has 2 aromatic rings. The van der Waals surface area contributed by atoms with Crippen molar-refractivity contribution in [1.82, 2.24) is 14.9 Å². The number of benzene rings is 1. The van der Waals surface area contributed by atoms with Crippen molar-refractivity contribution in [2.24, 2.45) is 0 Å². The number of carbonyl (C=O) groups is 1. The fraction of sp³-hybridized carbons (Fsp3) is 0.593. The van der Waals surface area contributed by atoms with E-state index < -0.39 is 21.1 Å². The third-order valence-corrected chi connectivity index (χ3v) is 10.5. The number of nitrogens with zero attached hydrogens (tertiary/aromatic N) is 5. The number of aromatic amines is 1. The molecule has 0 aliphatic carbocycles. The highest BCUT2D eigenvalue weighted by Crippen LogP contribution is 2.50. The van der Waals surface area contributed by atoms with Crippen LogP contribution in [0.2, 0.25) is 0 Å². The van der Waals surface area contributed by atoms with Gasteiger partial charge in [0.15, 0.2) is 9.84 Å². The molecule has 2 saturated heterocycles. The zero-order valence-corrected chi connectivity index (χ0v) is 23.7. The molecule has 0 atom stereocenters. The number of hydrogen-bond acceptors (Lipinski definition) is 9. The van der Waals surface area contributed by atoms with Gasteiger partial charge in [-0.3, -0.25) is 19.5 Å². The Kier molecular flexibility index (Phi) is 6.76. The molecule has 0 saturated carbocycles. The quantitative estimate of drug-likeness (QED) is 0.556. The van der Waals surface area contributed by atoms with E-state index >= 15 is 4.39 Å². The van der Waals surface area contributed by atoms with Crippen molar-refractivity contribution in [3.63, 3.8) is 0 Å². The Labute approximate surface area is 232 Å². The number of H-pyrrole nitrogens is 1. The number of sulfone groups is 1. The van der Waals surface area contributed by atoms with Gasteiger partial charge in [-0.05, 0) is 25.7 Å². The van der Waals surface area contributed by atoms with Crippen LogP contribution in [-0.4, -0.2) is 101 Å². The van der Waals surface area contributed by atoms with Crippen LogP contribution in [0.1, 0.15) is 30.4 Å². The fourth-order valence-electron chi connectivity index (χ4n) is 6.52. The highest BCUT2D eigenvalue weighted by atomic mass is 32.2. The molecule has 216 valence electrons. The van der Waals surface area contributed by atoms with Crippen LogP contribution in [0.4, 0.5) is 21.8 Å². The van der Waals surface area contributed by atoms with Gasteiger partial charge < -0.3 is 19.4 Å². The number of likely N-dealkylation sites (N-methyl/N-ethyl adjacent to an activating group) is 1. The molecular weight excluding hydrogens is 539 g/mol. The van der Waals surface area contributed by atoms with Crippen LogP contribution < -0.4 is 25.0 Å². The number of carbonyl (C=O) groups excluding carboxylic acids is 1. The normalized spacial score (nSPS) is 22.0. The Balaban J connectivity index is 1.17. The maximum Gasteiger partial charge on any atom is 0.257 e. The highest BCUT2D eigenvalue weighted by Gasteiger charge is 2.53. The van der Waals surface area contributed by atoms with Crippen LogP contribution >= 0.6 is 0 Å². The smallest absolute Gasteiger partial charge is 0.257 e. The number of rotatable bonds is 5. The average Bonchev–Trinajstić information content (AvgIpc) is 3.12. The van der Waals surface area contributed by atoms with Gasteiger partial charge in [-0.2, -0.15) is 4.98 Å². The lowest BCUT2D eigenvalue weighted by Crippen LogP contribution is -2.49. The Hall–Kier alpha value is -3.19. The molecule has 13 heteroatoms. The summed E-state index contributed by atoms with van der Waals surface area (Å²) in [6, 6.07) is 3.06. The fourth-order valence-corrected chi connectivity index (χ4v) is 7.80. The van der Waals surface area contributed by atoms with Crippen molar-refractivity contribution in [2.45, 2.75) is 31.1 Å². The number of nitrogens with one attached hydrogen (secondary N) is 1. The molecule has 40 heavy (non-hydrogen) atoms. The SMILES string of the molecule is CN1CCCc2c1nc(N1CCC3(CC1)C(=O)N(C)c1cc(OCCN4CCS(=O)(=O)CC4)cc(F)c13)[nH]c2=O. The number of ether oxygens (including phenoxy) is 1. The molecule has 4 aliphatic rings. The third kappa shape index (κ3) is 4.62. The Morgan fingerprint density at radius 3 is 2.52 bits per heavy atom.